The van der Waals surface area contributed by atoms with Crippen molar-refractivity contribution in [1.82, 2.24) is 10.1 Å². The SMILES string of the molecule is CC(C)CN(C)C(=O)c1cc(-c2ccc(Cl)cc2)on1. The minimum atomic E-state index is -0.136. The fraction of sp³-hybridized carbons (Fsp3) is 0.333. The molecule has 1 aromatic carbocycles. The first-order valence-corrected chi connectivity index (χ1v) is 6.83. The van der Waals surface area contributed by atoms with Crippen molar-refractivity contribution >= 4 is 17.5 Å². The van der Waals surface area contributed by atoms with Gasteiger partial charge in [-0.3, -0.25) is 4.79 Å². The Morgan fingerprint density at radius 3 is 2.60 bits per heavy atom. The maximum absolute atomic E-state index is 12.2. The Labute approximate surface area is 123 Å². The molecule has 4 nitrogen and oxygen atoms in total. The van der Waals surface area contributed by atoms with Crippen molar-refractivity contribution in [2.45, 2.75) is 13.8 Å². The average molecular weight is 293 g/mol. The summed E-state index contributed by atoms with van der Waals surface area (Å²) >= 11 is 5.84. The zero-order chi connectivity index (χ0) is 14.7. The maximum atomic E-state index is 12.2. The Morgan fingerprint density at radius 2 is 2.00 bits per heavy atom. The first-order chi connectivity index (χ1) is 9.47. The molecule has 0 saturated heterocycles. The molecule has 0 N–H and O–H groups in total. The normalized spacial score (nSPS) is 10.8. The number of carbonyl (C=O) groups excluding carboxylic acids is 1. The highest BCUT2D eigenvalue weighted by Gasteiger charge is 2.18. The Balaban J connectivity index is 2.16. The Hall–Kier alpha value is -1.81. The molecule has 2 rings (SSSR count). The van der Waals surface area contributed by atoms with Gasteiger partial charge in [0.05, 0.1) is 0 Å². The Kier molecular flexibility index (Phi) is 4.45. The highest BCUT2D eigenvalue weighted by Crippen LogP contribution is 2.22. The van der Waals surface area contributed by atoms with Crippen LogP contribution in [0.1, 0.15) is 24.3 Å². The van der Waals surface area contributed by atoms with E-state index in [1.54, 1.807) is 30.1 Å². The standard InChI is InChI=1S/C15H17ClN2O2/c1-10(2)9-18(3)15(19)13-8-14(20-17-13)11-4-6-12(16)7-5-11/h4-8,10H,9H2,1-3H3. The van der Waals surface area contributed by atoms with Gasteiger partial charge in [0.1, 0.15) is 0 Å². The molecule has 0 aliphatic rings. The minimum absolute atomic E-state index is 0.136. The third-order valence-corrected chi connectivity index (χ3v) is 3.10. The molecule has 1 aromatic heterocycles. The topological polar surface area (TPSA) is 46.3 Å². The van der Waals surface area contributed by atoms with E-state index >= 15 is 0 Å². The molecule has 106 valence electrons. The predicted molar refractivity (Wildman–Crippen MR) is 78.7 cm³/mol. The number of carbonyl (C=O) groups is 1. The summed E-state index contributed by atoms with van der Waals surface area (Å²) in [5, 5.41) is 4.50. The van der Waals surface area contributed by atoms with E-state index < -0.39 is 0 Å². The van der Waals surface area contributed by atoms with Crippen LogP contribution in [0.25, 0.3) is 11.3 Å². The van der Waals surface area contributed by atoms with Gasteiger partial charge in [0.2, 0.25) is 0 Å². The van der Waals surface area contributed by atoms with Crippen LogP contribution in [0.5, 0.6) is 0 Å². The van der Waals surface area contributed by atoms with Crippen LogP contribution in [-0.4, -0.2) is 29.6 Å². The quantitative estimate of drug-likeness (QED) is 0.863. The first-order valence-electron chi connectivity index (χ1n) is 6.45. The number of amides is 1. The molecule has 1 heterocycles. The molecular formula is C15H17ClN2O2. The molecule has 2 aromatic rings. The molecule has 0 unspecified atom stereocenters. The fourth-order valence-electron chi connectivity index (χ4n) is 1.95. The largest absolute Gasteiger partial charge is 0.355 e. The first kappa shape index (κ1) is 14.6. The Morgan fingerprint density at radius 1 is 1.35 bits per heavy atom. The van der Waals surface area contributed by atoms with Crippen molar-refractivity contribution in [2.75, 3.05) is 13.6 Å². The van der Waals surface area contributed by atoms with Crippen LogP contribution in [0.4, 0.5) is 0 Å². The number of nitrogens with zero attached hydrogens (tertiary/aromatic N) is 2. The van der Waals surface area contributed by atoms with Gasteiger partial charge in [0, 0.05) is 30.2 Å². The van der Waals surface area contributed by atoms with E-state index in [0.29, 0.717) is 28.9 Å². The van der Waals surface area contributed by atoms with E-state index in [2.05, 4.69) is 19.0 Å². The number of aromatic nitrogens is 1. The van der Waals surface area contributed by atoms with Gasteiger partial charge >= 0.3 is 0 Å². The monoisotopic (exact) mass is 292 g/mol. The van der Waals surface area contributed by atoms with Gasteiger partial charge < -0.3 is 9.42 Å². The summed E-state index contributed by atoms with van der Waals surface area (Å²) in [6, 6.07) is 8.85. The predicted octanol–water partition coefficient (Wildman–Crippen LogP) is 3.72. The van der Waals surface area contributed by atoms with E-state index in [0.717, 1.165) is 5.56 Å². The summed E-state index contributed by atoms with van der Waals surface area (Å²) in [4.78, 5) is 13.8. The summed E-state index contributed by atoms with van der Waals surface area (Å²) in [6.07, 6.45) is 0. The molecule has 0 saturated carbocycles. The second-order valence-electron chi connectivity index (χ2n) is 5.16. The van der Waals surface area contributed by atoms with Crippen LogP contribution in [-0.2, 0) is 0 Å². The van der Waals surface area contributed by atoms with Gasteiger partial charge in [-0.1, -0.05) is 30.6 Å². The summed E-state index contributed by atoms with van der Waals surface area (Å²) in [7, 11) is 1.76. The number of halogens is 1. The summed E-state index contributed by atoms with van der Waals surface area (Å²) in [5.41, 5.74) is 1.16. The van der Waals surface area contributed by atoms with Gasteiger partial charge in [-0.25, -0.2) is 0 Å². The van der Waals surface area contributed by atoms with Gasteiger partial charge in [0.25, 0.3) is 5.91 Å². The molecule has 0 aliphatic carbocycles. The van der Waals surface area contributed by atoms with Gasteiger partial charge in [-0.15, -0.1) is 0 Å². The lowest BCUT2D eigenvalue weighted by molar-refractivity contribution is 0.0769. The average Bonchev–Trinajstić information content (AvgIpc) is 2.87. The van der Waals surface area contributed by atoms with Gasteiger partial charge in [-0.2, -0.15) is 0 Å². The molecule has 0 fully saturated rings. The number of hydrogen-bond donors (Lipinski definition) is 0. The summed E-state index contributed by atoms with van der Waals surface area (Å²) < 4.78 is 5.23. The summed E-state index contributed by atoms with van der Waals surface area (Å²) in [6.45, 7) is 4.80. The highest BCUT2D eigenvalue weighted by molar-refractivity contribution is 6.30. The van der Waals surface area contributed by atoms with E-state index in [1.165, 1.54) is 0 Å². The van der Waals surface area contributed by atoms with Crippen molar-refractivity contribution < 1.29 is 9.32 Å². The van der Waals surface area contributed by atoms with Crippen molar-refractivity contribution in [3.8, 4) is 11.3 Å². The molecular weight excluding hydrogens is 276 g/mol. The lowest BCUT2D eigenvalue weighted by atomic mass is 10.1. The second kappa shape index (κ2) is 6.09. The van der Waals surface area contributed by atoms with E-state index in [1.807, 2.05) is 12.1 Å². The number of benzene rings is 1. The molecule has 0 atom stereocenters. The summed E-state index contributed by atoms with van der Waals surface area (Å²) in [5.74, 6) is 0.831. The lowest BCUT2D eigenvalue weighted by Crippen LogP contribution is -2.30. The van der Waals surface area contributed by atoms with Crippen molar-refractivity contribution in [2.24, 2.45) is 5.92 Å². The van der Waals surface area contributed by atoms with Crippen LogP contribution in [0, 0.1) is 5.92 Å². The molecule has 0 bridgehead atoms. The molecule has 20 heavy (non-hydrogen) atoms. The van der Waals surface area contributed by atoms with Gasteiger partial charge in [0.15, 0.2) is 11.5 Å². The van der Waals surface area contributed by atoms with Crippen LogP contribution < -0.4 is 0 Å². The van der Waals surface area contributed by atoms with Crippen molar-refractivity contribution in [3.05, 3.63) is 41.0 Å². The van der Waals surface area contributed by atoms with Crippen LogP contribution in [0.3, 0.4) is 0 Å². The highest BCUT2D eigenvalue weighted by atomic mass is 35.5. The zero-order valence-electron chi connectivity index (χ0n) is 11.8. The smallest absolute Gasteiger partial charge is 0.275 e. The van der Waals surface area contributed by atoms with Crippen LogP contribution in [0.15, 0.2) is 34.9 Å². The third-order valence-electron chi connectivity index (χ3n) is 2.84. The van der Waals surface area contributed by atoms with Crippen molar-refractivity contribution in [1.29, 1.82) is 0 Å². The molecule has 1 amide bonds. The lowest BCUT2D eigenvalue weighted by Gasteiger charge is -2.17. The third kappa shape index (κ3) is 3.39. The Bertz CT molecular complexity index is 590. The number of rotatable bonds is 4. The van der Waals surface area contributed by atoms with E-state index in [4.69, 9.17) is 16.1 Å². The molecule has 5 heteroatoms. The van der Waals surface area contributed by atoms with E-state index in [-0.39, 0.29) is 5.91 Å². The minimum Gasteiger partial charge on any atom is -0.355 e. The second-order valence-corrected chi connectivity index (χ2v) is 5.60. The van der Waals surface area contributed by atoms with Crippen molar-refractivity contribution in [3.63, 3.8) is 0 Å². The number of hydrogen-bond acceptors (Lipinski definition) is 3. The molecule has 0 spiro atoms. The van der Waals surface area contributed by atoms with Crippen LogP contribution >= 0.6 is 11.6 Å². The molecule has 0 aliphatic heterocycles. The molecule has 0 radical (unpaired) electrons. The zero-order valence-corrected chi connectivity index (χ0v) is 12.5. The maximum Gasteiger partial charge on any atom is 0.275 e. The van der Waals surface area contributed by atoms with Crippen LogP contribution in [0.2, 0.25) is 5.02 Å². The van der Waals surface area contributed by atoms with E-state index in [9.17, 15) is 4.79 Å². The van der Waals surface area contributed by atoms with Gasteiger partial charge in [-0.05, 0) is 30.2 Å². The fourth-order valence-corrected chi connectivity index (χ4v) is 2.08.